The van der Waals surface area contributed by atoms with E-state index in [1.807, 2.05) is 18.2 Å². The number of fused-ring (bicyclic) bond motifs is 3. The fourth-order valence-corrected chi connectivity index (χ4v) is 4.21. The van der Waals surface area contributed by atoms with Crippen LogP contribution in [0.5, 0.6) is 11.5 Å². The van der Waals surface area contributed by atoms with E-state index in [0.717, 1.165) is 24.4 Å². The van der Waals surface area contributed by atoms with E-state index in [2.05, 4.69) is 17.6 Å². The first kappa shape index (κ1) is 20.6. The second-order valence-electron chi connectivity index (χ2n) is 8.12. The van der Waals surface area contributed by atoms with Crippen molar-refractivity contribution in [2.75, 3.05) is 0 Å². The van der Waals surface area contributed by atoms with E-state index in [1.165, 1.54) is 23.7 Å². The highest BCUT2D eigenvalue weighted by Crippen LogP contribution is 2.38. The van der Waals surface area contributed by atoms with Crippen LogP contribution < -0.4 is 9.47 Å². The van der Waals surface area contributed by atoms with Crippen LogP contribution in [0.3, 0.4) is 0 Å². The molecule has 0 fully saturated rings. The van der Waals surface area contributed by atoms with Crippen molar-refractivity contribution in [1.82, 2.24) is 4.57 Å². The molecule has 30 heavy (non-hydrogen) atoms. The molecule has 2 heterocycles. The highest BCUT2D eigenvalue weighted by atomic mass is 19.4. The third-order valence-corrected chi connectivity index (χ3v) is 5.63. The van der Waals surface area contributed by atoms with E-state index in [1.54, 1.807) is 19.9 Å². The molecule has 1 aliphatic rings. The van der Waals surface area contributed by atoms with E-state index >= 15 is 0 Å². The average Bonchev–Trinajstić information content (AvgIpc) is 3.24. The maximum Gasteiger partial charge on any atom is 0.419 e. The van der Waals surface area contributed by atoms with Gasteiger partial charge < -0.3 is 14.0 Å². The van der Waals surface area contributed by atoms with Crippen LogP contribution in [0.25, 0.3) is 10.9 Å². The lowest BCUT2D eigenvalue weighted by Gasteiger charge is -2.17. The first-order valence-corrected chi connectivity index (χ1v) is 10.4. The summed E-state index contributed by atoms with van der Waals surface area (Å²) < 4.78 is 53.8. The van der Waals surface area contributed by atoms with Crippen LogP contribution in [0.15, 0.2) is 42.5 Å². The molecule has 1 atom stereocenters. The van der Waals surface area contributed by atoms with E-state index in [9.17, 15) is 13.2 Å². The van der Waals surface area contributed by atoms with E-state index in [-0.39, 0.29) is 18.5 Å². The lowest BCUT2D eigenvalue weighted by atomic mass is 10.0. The number of hydrogen-bond acceptors (Lipinski definition) is 2. The predicted molar refractivity (Wildman–Crippen MR) is 111 cm³/mol. The Balaban J connectivity index is 1.54. The van der Waals surface area contributed by atoms with Crippen LogP contribution in [0.1, 0.15) is 56.4 Å². The maximum atomic E-state index is 13.4. The monoisotopic (exact) mass is 417 g/mol. The molecule has 0 bridgehead atoms. The van der Waals surface area contributed by atoms with E-state index in [4.69, 9.17) is 9.47 Å². The number of ether oxygens (including phenoxy) is 2. The highest BCUT2D eigenvalue weighted by molar-refractivity contribution is 5.83. The Labute approximate surface area is 174 Å². The summed E-state index contributed by atoms with van der Waals surface area (Å²) in [6, 6.07) is 12.2. The maximum absolute atomic E-state index is 13.4. The average molecular weight is 417 g/mol. The number of hydrogen-bond donors (Lipinski definition) is 0. The lowest BCUT2D eigenvalue weighted by molar-refractivity contribution is -0.139. The number of aromatic nitrogens is 1. The van der Waals surface area contributed by atoms with Gasteiger partial charge in [0.25, 0.3) is 0 Å². The molecule has 1 aromatic heterocycles. The SMILES string of the molecule is CC[C@H]1CCn2c1cc1cc(OCc3ccc(OC(C)C)c(C(F)(F)F)c3)ccc12. The Morgan fingerprint density at radius 2 is 1.90 bits per heavy atom. The van der Waals surface area contributed by atoms with Gasteiger partial charge in [0.2, 0.25) is 0 Å². The van der Waals surface area contributed by atoms with Crippen molar-refractivity contribution >= 4 is 10.9 Å². The molecule has 160 valence electrons. The molecule has 3 aromatic rings. The van der Waals surface area contributed by atoms with Gasteiger partial charge in [-0.05, 0) is 68.7 Å². The first-order valence-electron chi connectivity index (χ1n) is 10.4. The summed E-state index contributed by atoms with van der Waals surface area (Å²) in [5.74, 6) is 1.08. The van der Waals surface area contributed by atoms with Gasteiger partial charge in [0.05, 0.1) is 11.7 Å². The quantitative estimate of drug-likeness (QED) is 0.434. The van der Waals surface area contributed by atoms with Gasteiger partial charge in [-0.1, -0.05) is 13.0 Å². The molecule has 0 N–H and O–H groups in total. The van der Waals surface area contributed by atoms with Crippen molar-refractivity contribution in [2.45, 2.75) is 65.0 Å². The zero-order valence-electron chi connectivity index (χ0n) is 17.4. The number of nitrogens with zero attached hydrogens (tertiary/aromatic N) is 1. The summed E-state index contributed by atoms with van der Waals surface area (Å²) in [4.78, 5) is 0. The fourth-order valence-electron chi connectivity index (χ4n) is 4.21. The molecular formula is C24H26F3NO2. The zero-order chi connectivity index (χ0) is 21.5. The Hall–Kier alpha value is -2.63. The second-order valence-corrected chi connectivity index (χ2v) is 8.12. The van der Waals surface area contributed by atoms with Crippen molar-refractivity contribution in [3.63, 3.8) is 0 Å². The third-order valence-electron chi connectivity index (χ3n) is 5.63. The second kappa shape index (κ2) is 7.89. The number of alkyl halides is 3. The summed E-state index contributed by atoms with van der Waals surface area (Å²) in [6.07, 6.45) is -2.52. The van der Waals surface area contributed by atoms with Crippen LogP contribution in [-0.4, -0.2) is 10.7 Å². The topological polar surface area (TPSA) is 23.4 Å². The van der Waals surface area contributed by atoms with Crippen molar-refractivity contribution in [3.05, 3.63) is 59.3 Å². The molecular weight excluding hydrogens is 391 g/mol. The largest absolute Gasteiger partial charge is 0.490 e. The molecule has 4 rings (SSSR count). The van der Waals surface area contributed by atoms with Gasteiger partial charge in [-0.2, -0.15) is 13.2 Å². The molecule has 6 heteroatoms. The number of rotatable bonds is 6. The molecule has 0 spiro atoms. The van der Waals surface area contributed by atoms with Crippen molar-refractivity contribution in [3.8, 4) is 11.5 Å². The molecule has 0 saturated carbocycles. The van der Waals surface area contributed by atoms with Crippen molar-refractivity contribution < 1.29 is 22.6 Å². The Kier molecular flexibility index (Phi) is 5.43. The van der Waals surface area contributed by atoms with Crippen LogP contribution in [0.2, 0.25) is 0 Å². The predicted octanol–water partition coefficient (Wildman–Crippen LogP) is 6.92. The first-order chi connectivity index (χ1) is 14.3. The van der Waals surface area contributed by atoms with Crippen LogP contribution in [-0.2, 0) is 19.3 Å². The summed E-state index contributed by atoms with van der Waals surface area (Å²) in [5, 5.41) is 1.11. The van der Waals surface area contributed by atoms with Crippen LogP contribution >= 0.6 is 0 Å². The summed E-state index contributed by atoms with van der Waals surface area (Å²) >= 11 is 0. The molecule has 0 aliphatic carbocycles. The minimum absolute atomic E-state index is 0.0572. The van der Waals surface area contributed by atoms with E-state index in [0.29, 0.717) is 17.2 Å². The molecule has 0 unspecified atom stereocenters. The molecule has 0 radical (unpaired) electrons. The van der Waals surface area contributed by atoms with Gasteiger partial charge in [0.1, 0.15) is 18.1 Å². The Morgan fingerprint density at radius 1 is 1.10 bits per heavy atom. The third kappa shape index (κ3) is 4.00. The zero-order valence-corrected chi connectivity index (χ0v) is 17.4. The molecule has 2 aromatic carbocycles. The number of benzene rings is 2. The van der Waals surface area contributed by atoms with Gasteiger partial charge >= 0.3 is 6.18 Å². The highest BCUT2D eigenvalue weighted by Gasteiger charge is 2.35. The van der Waals surface area contributed by atoms with Gasteiger partial charge in [-0.3, -0.25) is 0 Å². The molecule has 0 amide bonds. The van der Waals surface area contributed by atoms with Gasteiger partial charge in [-0.25, -0.2) is 0 Å². The number of halogens is 3. The Bertz CT molecular complexity index is 1050. The minimum atomic E-state index is -4.48. The summed E-state index contributed by atoms with van der Waals surface area (Å²) in [7, 11) is 0. The van der Waals surface area contributed by atoms with Gasteiger partial charge in [0.15, 0.2) is 0 Å². The van der Waals surface area contributed by atoms with Gasteiger partial charge in [0, 0.05) is 29.1 Å². The summed E-state index contributed by atoms with van der Waals surface area (Å²) in [6.45, 7) is 6.70. The minimum Gasteiger partial charge on any atom is -0.490 e. The van der Waals surface area contributed by atoms with E-state index < -0.39 is 11.7 Å². The van der Waals surface area contributed by atoms with Crippen molar-refractivity contribution in [1.29, 1.82) is 0 Å². The van der Waals surface area contributed by atoms with Gasteiger partial charge in [-0.15, -0.1) is 0 Å². The van der Waals surface area contributed by atoms with Crippen LogP contribution in [0.4, 0.5) is 13.2 Å². The van der Waals surface area contributed by atoms with Crippen molar-refractivity contribution in [2.24, 2.45) is 0 Å². The smallest absolute Gasteiger partial charge is 0.419 e. The molecule has 3 nitrogen and oxygen atoms in total. The molecule has 0 saturated heterocycles. The lowest BCUT2D eigenvalue weighted by Crippen LogP contribution is -2.13. The fraction of sp³-hybridized carbons (Fsp3) is 0.417. The Morgan fingerprint density at radius 3 is 2.60 bits per heavy atom. The van der Waals surface area contributed by atoms with Crippen LogP contribution in [0, 0.1) is 0 Å². The standard InChI is InChI=1S/C24H26F3NO2/c1-4-17-9-10-28-21-7-6-19(12-18(21)13-22(17)28)29-14-16-5-8-23(30-15(2)3)20(11-16)24(25,26)27/h5-8,11-13,15,17H,4,9-10,14H2,1-3H3/t17-/m0/s1. The summed E-state index contributed by atoms with van der Waals surface area (Å²) in [5.41, 5.74) is 2.22. The molecule has 1 aliphatic heterocycles. The number of aryl methyl sites for hydroxylation is 1. The normalized spacial score (nSPS) is 16.3.